The summed E-state index contributed by atoms with van der Waals surface area (Å²) in [6.07, 6.45) is 2.99. The van der Waals surface area contributed by atoms with Crippen molar-refractivity contribution in [2.75, 3.05) is 12.8 Å². The van der Waals surface area contributed by atoms with Gasteiger partial charge in [0.05, 0.1) is 7.11 Å². The number of nitrogen functional groups attached to an aromatic ring is 1. The van der Waals surface area contributed by atoms with Gasteiger partial charge in [-0.3, -0.25) is 0 Å². The molecule has 0 bridgehead atoms. The molecule has 0 spiro atoms. The maximum Gasteiger partial charge on any atom is 0.244 e. The Labute approximate surface area is 114 Å². The van der Waals surface area contributed by atoms with Gasteiger partial charge in [-0.2, -0.15) is 0 Å². The Hall–Kier alpha value is -1.27. The fourth-order valence-corrected chi connectivity index (χ4v) is 4.07. The monoisotopic (exact) mass is 284 g/mol. The normalized spacial score (nSPS) is 23.5. The molecule has 1 fully saturated rings. The van der Waals surface area contributed by atoms with Gasteiger partial charge >= 0.3 is 0 Å². The molecule has 1 aliphatic carbocycles. The average Bonchev–Trinajstić information content (AvgIpc) is 2.74. The molecule has 0 aliphatic heterocycles. The molecule has 1 aromatic rings. The van der Waals surface area contributed by atoms with Crippen LogP contribution in [0.15, 0.2) is 23.1 Å². The lowest BCUT2D eigenvalue weighted by molar-refractivity contribution is 0.401. The van der Waals surface area contributed by atoms with Crippen LogP contribution in [0.1, 0.15) is 26.2 Å². The van der Waals surface area contributed by atoms with Crippen LogP contribution in [0.3, 0.4) is 0 Å². The van der Waals surface area contributed by atoms with Gasteiger partial charge in [-0.1, -0.05) is 13.3 Å². The van der Waals surface area contributed by atoms with Crippen molar-refractivity contribution in [2.24, 2.45) is 5.92 Å². The molecule has 0 amide bonds. The van der Waals surface area contributed by atoms with Crippen LogP contribution < -0.4 is 15.2 Å². The zero-order valence-electron chi connectivity index (χ0n) is 11.2. The average molecular weight is 284 g/mol. The van der Waals surface area contributed by atoms with Crippen LogP contribution in [0.2, 0.25) is 0 Å². The minimum absolute atomic E-state index is 0.00358. The Bertz CT molecular complexity index is 557. The molecule has 1 aliphatic rings. The van der Waals surface area contributed by atoms with Gasteiger partial charge in [0, 0.05) is 11.7 Å². The van der Waals surface area contributed by atoms with Crippen molar-refractivity contribution in [1.82, 2.24) is 4.72 Å². The van der Waals surface area contributed by atoms with Crippen molar-refractivity contribution in [3.8, 4) is 5.75 Å². The van der Waals surface area contributed by atoms with E-state index in [9.17, 15) is 8.42 Å². The predicted octanol–water partition coefficient (Wildman–Crippen LogP) is 1.74. The fraction of sp³-hybridized carbons (Fsp3) is 0.538. The highest BCUT2D eigenvalue weighted by atomic mass is 32.2. The Balaban J connectivity index is 2.31. The highest BCUT2D eigenvalue weighted by Crippen LogP contribution is 2.29. The third-order valence-corrected chi connectivity index (χ3v) is 5.16. The number of methoxy groups -OCH3 is 1. The lowest BCUT2D eigenvalue weighted by atomic mass is 10.1. The van der Waals surface area contributed by atoms with Gasteiger partial charge in [-0.15, -0.1) is 0 Å². The van der Waals surface area contributed by atoms with Crippen LogP contribution in [0.4, 0.5) is 5.69 Å². The van der Waals surface area contributed by atoms with Crippen molar-refractivity contribution >= 4 is 15.7 Å². The minimum atomic E-state index is -3.60. The van der Waals surface area contributed by atoms with Crippen molar-refractivity contribution < 1.29 is 13.2 Å². The van der Waals surface area contributed by atoms with E-state index < -0.39 is 10.0 Å². The molecule has 1 aromatic carbocycles. The number of ether oxygens (including phenoxy) is 1. The molecule has 3 N–H and O–H groups in total. The van der Waals surface area contributed by atoms with Gasteiger partial charge in [0.15, 0.2) is 0 Å². The van der Waals surface area contributed by atoms with Crippen molar-refractivity contribution in [3.63, 3.8) is 0 Å². The van der Waals surface area contributed by atoms with Crippen LogP contribution in [0, 0.1) is 5.92 Å². The molecular formula is C13H20N2O3S. The summed E-state index contributed by atoms with van der Waals surface area (Å²) in [6.45, 7) is 2.07. The highest BCUT2D eigenvalue weighted by Gasteiger charge is 2.29. The summed E-state index contributed by atoms with van der Waals surface area (Å²) in [5, 5.41) is 0. The second-order valence-corrected chi connectivity index (χ2v) is 6.73. The maximum absolute atomic E-state index is 12.4. The first-order valence-electron chi connectivity index (χ1n) is 6.40. The van der Waals surface area contributed by atoms with E-state index in [1.165, 1.54) is 13.2 Å². The number of sulfonamides is 1. The SMILES string of the molecule is COc1ccc(N)cc1S(=O)(=O)NC1CCCC1C. The van der Waals surface area contributed by atoms with Gasteiger partial charge in [0.2, 0.25) is 10.0 Å². The van der Waals surface area contributed by atoms with E-state index in [4.69, 9.17) is 10.5 Å². The second-order valence-electron chi connectivity index (χ2n) is 5.05. The lowest BCUT2D eigenvalue weighted by Gasteiger charge is -2.18. The van der Waals surface area contributed by atoms with Gasteiger partial charge in [0.1, 0.15) is 10.6 Å². The van der Waals surface area contributed by atoms with Crippen LogP contribution in [-0.4, -0.2) is 21.6 Å². The van der Waals surface area contributed by atoms with E-state index in [2.05, 4.69) is 11.6 Å². The molecule has 5 nitrogen and oxygen atoms in total. The van der Waals surface area contributed by atoms with E-state index in [0.717, 1.165) is 19.3 Å². The van der Waals surface area contributed by atoms with Gasteiger partial charge in [-0.25, -0.2) is 13.1 Å². The van der Waals surface area contributed by atoms with Gasteiger partial charge < -0.3 is 10.5 Å². The quantitative estimate of drug-likeness (QED) is 0.825. The fourth-order valence-electron chi connectivity index (χ4n) is 2.49. The molecule has 2 atom stereocenters. The molecule has 19 heavy (non-hydrogen) atoms. The van der Waals surface area contributed by atoms with Crippen molar-refractivity contribution in [1.29, 1.82) is 0 Å². The number of nitrogens with two attached hydrogens (primary N) is 1. The Morgan fingerprint density at radius 3 is 2.68 bits per heavy atom. The van der Waals surface area contributed by atoms with Crippen molar-refractivity contribution in [2.45, 2.75) is 37.1 Å². The first-order chi connectivity index (χ1) is 8.94. The molecule has 0 radical (unpaired) electrons. The summed E-state index contributed by atoms with van der Waals surface area (Å²) in [5.41, 5.74) is 6.07. The van der Waals surface area contributed by atoms with Gasteiger partial charge in [0.25, 0.3) is 0 Å². The lowest BCUT2D eigenvalue weighted by Crippen LogP contribution is -2.36. The minimum Gasteiger partial charge on any atom is -0.495 e. The predicted molar refractivity (Wildman–Crippen MR) is 74.5 cm³/mol. The van der Waals surface area contributed by atoms with Crippen LogP contribution >= 0.6 is 0 Å². The third-order valence-electron chi connectivity index (χ3n) is 3.65. The molecule has 2 rings (SSSR count). The highest BCUT2D eigenvalue weighted by molar-refractivity contribution is 7.89. The Kier molecular flexibility index (Phi) is 4.01. The van der Waals surface area contributed by atoms with Gasteiger partial charge in [-0.05, 0) is 37.0 Å². The molecule has 0 aromatic heterocycles. The zero-order valence-corrected chi connectivity index (χ0v) is 12.0. The summed E-state index contributed by atoms with van der Waals surface area (Å²) in [7, 11) is -2.15. The number of hydrogen-bond acceptors (Lipinski definition) is 4. The van der Waals surface area contributed by atoms with E-state index in [-0.39, 0.29) is 10.9 Å². The topological polar surface area (TPSA) is 81.4 Å². The number of nitrogens with one attached hydrogen (secondary N) is 1. The number of hydrogen-bond donors (Lipinski definition) is 2. The van der Waals surface area contributed by atoms with E-state index in [1.54, 1.807) is 12.1 Å². The molecule has 6 heteroatoms. The van der Waals surface area contributed by atoms with Crippen LogP contribution in [0.5, 0.6) is 5.75 Å². The van der Waals surface area contributed by atoms with E-state index >= 15 is 0 Å². The Morgan fingerprint density at radius 1 is 1.37 bits per heavy atom. The summed E-state index contributed by atoms with van der Waals surface area (Å²) >= 11 is 0. The zero-order chi connectivity index (χ0) is 14.0. The summed E-state index contributed by atoms with van der Waals surface area (Å²) < 4.78 is 32.7. The first-order valence-corrected chi connectivity index (χ1v) is 7.88. The summed E-state index contributed by atoms with van der Waals surface area (Å²) in [5.74, 6) is 0.675. The molecule has 2 unspecified atom stereocenters. The number of benzene rings is 1. The second kappa shape index (κ2) is 5.38. The maximum atomic E-state index is 12.4. The molecule has 0 saturated heterocycles. The Morgan fingerprint density at radius 2 is 2.11 bits per heavy atom. The molecular weight excluding hydrogens is 264 g/mol. The van der Waals surface area contributed by atoms with E-state index in [0.29, 0.717) is 17.4 Å². The summed E-state index contributed by atoms with van der Waals surface area (Å²) in [6, 6.07) is 4.62. The number of anilines is 1. The first kappa shape index (κ1) is 14.1. The van der Waals surface area contributed by atoms with E-state index in [1.807, 2.05) is 0 Å². The molecule has 1 saturated carbocycles. The standard InChI is InChI=1S/C13H20N2O3S/c1-9-4-3-5-11(9)15-19(16,17)13-8-10(14)6-7-12(13)18-2/h6-9,11,15H,3-5,14H2,1-2H3. The molecule has 0 heterocycles. The third kappa shape index (κ3) is 3.01. The smallest absolute Gasteiger partial charge is 0.244 e. The van der Waals surface area contributed by atoms with Crippen molar-refractivity contribution in [3.05, 3.63) is 18.2 Å². The van der Waals surface area contributed by atoms with Crippen LogP contribution in [-0.2, 0) is 10.0 Å². The number of rotatable bonds is 4. The van der Waals surface area contributed by atoms with Crippen LogP contribution in [0.25, 0.3) is 0 Å². The molecule has 106 valence electrons. The summed E-state index contributed by atoms with van der Waals surface area (Å²) in [4.78, 5) is 0.106. The largest absolute Gasteiger partial charge is 0.495 e.